The summed E-state index contributed by atoms with van der Waals surface area (Å²) in [7, 11) is 0. The van der Waals surface area contributed by atoms with Gasteiger partial charge in [-0.05, 0) is 32.4 Å². The molecule has 2 aromatic rings. The zero-order chi connectivity index (χ0) is 21.2. The van der Waals surface area contributed by atoms with Crippen molar-refractivity contribution in [2.24, 2.45) is 0 Å². The molecule has 0 atom stereocenters. The lowest BCUT2D eigenvalue weighted by Gasteiger charge is -2.21. The summed E-state index contributed by atoms with van der Waals surface area (Å²) in [4.78, 5) is 27.9. The molecule has 29 heavy (non-hydrogen) atoms. The highest BCUT2D eigenvalue weighted by atomic mass is 16.3. The lowest BCUT2D eigenvalue weighted by molar-refractivity contribution is 0.0963. The van der Waals surface area contributed by atoms with Crippen molar-refractivity contribution >= 4 is 17.3 Å². The molecule has 156 valence electrons. The first-order chi connectivity index (χ1) is 14.0. The smallest absolute Gasteiger partial charge is 0.197 e. The van der Waals surface area contributed by atoms with Crippen LogP contribution in [0.2, 0.25) is 0 Å². The van der Waals surface area contributed by atoms with Gasteiger partial charge in [0.25, 0.3) is 0 Å². The summed E-state index contributed by atoms with van der Waals surface area (Å²) in [6.45, 7) is 7.89. The van der Waals surface area contributed by atoms with Gasteiger partial charge in [0.1, 0.15) is 5.75 Å². The molecular formula is C25H33NO3. The number of anilines is 1. The van der Waals surface area contributed by atoms with Crippen LogP contribution in [0, 0.1) is 0 Å². The SMILES string of the molecule is CCCCCCCC(=O)c1ccccc1C(=O)c1ccc(N(CC)CC)cc1O. The van der Waals surface area contributed by atoms with Crippen molar-refractivity contribution in [3.63, 3.8) is 0 Å². The van der Waals surface area contributed by atoms with Crippen LogP contribution in [-0.4, -0.2) is 29.8 Å². The van der Waals surface area contributed by atoms with E-state index >= 15 is 0 Å². The zero-order valence-corrected chi connectivity index (χ0v) is 17.9. The van der Waals surface area contributed by atoms with Crippen LogP contribution in [0.4, 0.5) is 5.69 Å². The number of benzene rings is 2. The van der Waals surface area contributed by atoms with Gasteiger partial charge in [-0.2, -0.15) is 0 Å². The molecule has 0 radical (unpaired) electrons. The molecule has 1 N–H and O–H groups in total. The minimum Gasteiger partial charge on any atom is -0.507 e. The summed E-state index contributed by atoms with van der Waals surface area (Å²) in [6.07, 6.45) is 5.81. The Morgan fingerprint density at radius 1 is 0.828 bits per heavy atom. The number of hydrogen-bond donors (Lipinski definition) is 1. The molecule has 0 amide bonds. The van der Waals surface area contributed by atoms with Gasteiger partial charge in [0, 0.05) is 42.4 Å². The summed E-state index contributed by atoms with van der Waals surface area (Å²) >= 11 is 0. The third kappa shape index (κ3) is 5.93. The number of nitrogens with zero attached hydrogens (tertiary/aromatic N) is 1. The van der Waals surface area contributed by atoms with Gasteiger partial charge in [0.05, 0.1) is 5.56 Å². The van der Waals surface area contributed by atoms with Crippen molar-refractivity contribution in [1.82, 2.24) is 0 Å². The van der Waals surface area contributed by atoms with Crippen LogP contribution in [0.5, 0.6) is 5.75 Å². The maximum atomic E-state index is 13.1. The van der Waals surface area contributed by atoms with Crippen LogP contribution < -0.4 is 4.90 Å². The zero-order valence-electron chi connectivity index (χ0n) is 17.9. The Morgan fingerprint density at radius 2 is 1.48 bits per heavy atom. The number of unbranched alkanes of at least 4 members (excludes halogenated alkanes) is 4. The molecule has 0 aliphatic carbocycles. The monoisotopic (exact) mass is 395 g/mol. The number of rotatable bonds is 12. The van der Waals surface area contributed by atoms with Crippen molar-refractivity contribution in [3.8, 4) is 5.75 Å². The highest BCUT2D eigenvalue weighted by molar-refractivity contribution is 6.16. The number of aromatic hydroxyl groups is 1. The maximum Gasteiger partial charge on any atom is 0.197 e. The van der Waals surface area contributed by atoms with Crippen molar-refractivity contribution in [3.05, 3.63) is 59.2 Å². The van der Waals surface area contributed by atoms with Gasteiger partial charge in [-0.1, -0.05) is 56.9 Å². The van der Waals surface area contributed by atoms with E-state index in [0.717, 1.165) is 38.0 Å². The maximum absolute atomic E-state index is 13.1. The van der Waals surface area contributed by atoms with Crippen molar-refractivity contribution in [2.75, 3.05) is 18.0 Å². The Balaban J connectivity index is 2.20. The average molecular weight is 396 g/mol. The van der Waals surface area contributed by atoms with E-state index in [1.54, 1.807) is 36.4 Å². The molecule has 0 fully saturated rings. The van der Waals surface area contributed by atoms with Crippen LogP contribution >= 0.6 is 0 Å². The van der Waals surface area contributed by atoms with Gasteiger partial charge in [0.2, 0.25) is 0 Å². The van der Waals surface area contributed by atoms with Gasteiger partial charge in [-0.25, -0.2) is 0 Å². The Kier molecular flexibility index (Phi) is 8.91. The lowest BCUT2D eigenvalue weighted by Crippen LogP contribution is -2.21. The third-order valence-electron chi connectivity index (χ3n) is 5.33. The van der Waals surface area contributed by atoms with Gasteiger partial charge in [0.15, 0.2) is 11.6 Å². The topological polar surface area (TPSA) is 57.6 Å². The van der Waals surface area contributed by atoms with E-state index in [0.29, 0.717) is 17.5 Å². The molecular weight excluding hydrogens is 362 g/mol. The molecule has 0 bridgehead atoms. The largest absolute Gasteiger partial charge is 0.507 e. The van der Waals surface area contributed by atoms with Crippen molar-refractivity contribution in [2.45, 2.75) is 59.3 Å². The number of ketones is 2. The van der Waals surface area contributed by atoms with Crippen LogP contribution in [0.15, 0.2) is 42.5 Å². The van der Waals surface area contributed by atoms with E-state index in [4.69, 9.17) is 0 Å². The number of carbonyl (C=O) groups is 2. The summed E-state index contributed by atoms with van der Waals surface area (Å²) < 4.78 is 0. The van der Waals surface area contributed by atoms with E-state index in [1.165, 1.54) is 12.8 Å². The fraction of sp³-hybridized carbons (Fsp3) is 0.440. The Hall–Kier alpha value is -2.62. The van der Waals surface area contributed by atoms with Crippen LogP contribution in [0.25, 0.3) is 0 Å². The van der Waals surface area contributed by atoms with Crippen molar-refractivity contribution < 1.29 is 14.7 Å². The van der Waals surface area contributed by atoms with E-state index in [2.05, 4.69) is 11.8 Å². The van der Waals surface area contributed by atoms with Crippen LogP contribution in [0.3, 0.4) is 0 Å². The number of Topliss-reactive ketones (excluding diaryl/α,β-unsaturated/α-hetero) is 1. The summed E-state index contributed by atoms with van der Waals surface area (Å²) in [6, 6.07) is 12.0. The lowest BCUT2D eigenvalue weighted by atomic mass is 9.93. The van der Waals surface area contributed by atoms with E-state index in [-0.39, 0.29) is 22.9 Å². The second-order valence-corrected chi connectivity index (χ2v) is 7.34. The average Bonchev–Trinajstić information content (AvgIpc) is 2.74. The molecule has 2 rings (SSSR count). The fourth-order valence-electron chi connectivity index (χ4n) is 3.59. The van der Waals surface area contributed by atoms with Crippen LogP contribution in [0.1, 0.15) is 85.6 Å². The highest BCUT2D eigenvalue weighted by Crippen LogP contribution is 2.28. The normalized spacial score (nSPS) is 10.7. The minimum atomic E-state index is -0.316. The molecule has 4 nitrogen and oxygen atoms in total. The Labute approximate surface area is 174 Å². The predicted octanol–water partition coefficient (Wildman–Crippen LogP) is 6.01. The van der Waals surface area contributed by atoms with Crippen LogP contribution in [-0.2, 0) is 0 Å². The third-order valence-corrected chi connectivity index (χ3v) is 5.33. The minimum absolute atomic E-state index is 0.00954. The first kappa shape index (κ1) is 22.7. The van der Waals surface area contributed by atoms with Gasteiger partial charge in [-0.15, -0.1) is 0 Å². The Morgan fingerprint density at radius 3 is 2.10 bits per heavy atom. The molecule has 0 heterocycles. The van der Waals surface area contributed by atoms with Gasteiger partial charge >= 0.3 is 0 Å². The van der Waals surface area contributed by atoms with Gasteiger partial charge in [-0.3, -0.25) is 9.59 Å². The molecule has 0 aromatic heterocycles. The highest BCUT2D eigenvalue weighted by Gasteiger charge is 2.20. The molecule has 2 aromatic carbocycles. The standard InChI is InChI=1S/C25H33NO3/c1-4-7-8-9-10-15-23(27)20-13-11-12-14-21(20)25(29)22-17-16-19(18-24(22)28)26(5-2)6-3/h11-14,16-18,28H,4-10,15H2,1-3H3. The fourth-order valence-corrected chi connectivity index (χ4v) is 3.59. The van der Waals surface area contributed by atoms with Crippen molar-refractivity contribution in [1.29, 1.82) is 0 Å². The molecule has 0 aliphatic rings. The molecule has 0 unspecified atom stereocenters. The summed E-state index contributed by atoms with van der Waals surface area (Å²) in [5, 5.41) is 10.5. The van der Waals surface area contributed by atoms with E-state index < -0.39 is 0 Å². The molecule has 0 aliphatic heterocycles. The van der Waals surface area contributed by atoms with E-state index in [1.807, 2.05) is 19.9 Å². The summed E-state index contributed by atoms with van der Waals surface area (Å²) in [5.41, 5.74) is 1.90. The molecule has 0 saturated carbocycles. The second kappa shape index (κ2) is 11.4. The molecule has 0 spiro atoms. The first-order valence-corrected chi connectivity index (χ1v) is 10.8. The Bertz CT molecular complexity index is 825. The van der Waals surface area contributed by atoms with E-state index in [9.17, 15) is 14.7 Å². The quantitative estimate of drug-likeness (QED) is 0.353. The number of hydrogen-bond acceptors (Lipinski definition) is 4. The number of phenolic OH excluding ortho intramolecular Hbond substituents is 1. The number of carbonyl (C=O) groups excluding carboxylic acids is 2. The molecule has 0 saturated heterocycles. The predicted molar refractivity (Wildman–Crippen MR) is 119 cm³/mol. The number of phenols is 1. The second-order valence-electron chi connectivity index (χ2n) is 7.34. The summed E-state index contributed by atoms with van der Waals surface area (Å²) in [5.74, 6) is -0.380. The first-order valence-electron chi connectivity index (χ1n) is 10.8. The van der Waals surface area contributed by atoms with Gasteiger partial charge < -0.3 is 10.0 Å². The molecule has 4 heteroatoms.